The van der Waals surface area contributed by atoms with E-state index in [9.17, 15) is 0 Å². The summed E-state index contributed by atoms with van der Waals surface area (Å²) in [6.45, 7) is 3.53. The van der Waals surface area contributed by atoms with Gasteiger partial charge in [0.25, 0.3) is 0 Å². The smallest absolute Gasteiger partial charge is 0.170 e. The van der Waals surface area contributed by atoms with E-state index in [0.717, 1.165) is 31.0 Å². The van der Waals surface area contributed by atoms with Crippen molar-refractivity contribution in [1.82, 2.24) is 25.2 Å². The summed E-state index contributed by atoms with van der Waals surface area (Å²) < 4.78 is 1.81. The van der Waals surface area contributed by atoms with Crippen molar-refractivity contribution in [3.05, 3.63) is 29.2 Å². The zero-order chi connectivity index (χ0) is 12.8. The average molecular weight is 267 g/mol. The van der Waals surface area contributed by atoms with Crippen LogP contribution in [-0.2, 0) is 13.1 Å². The Morgan fingerprint density at radius 3 is 3.00 bits per heavy atom. The van der Waals surface area contributed by atoms with Gasteiger partial charge >= 0.3 is 0 Å². The monoisotopic (exact) mass is 266 g/mol. The Hall–Kier alpha value is -1.69. The van der Waals surface area contributed by atoms with Crippen molar-refractivity contribution in [3.8, 4) is 0 Å². The molecule has 0 spiro atoms. The van der Waals surface area contributed by atoms with Gasteiger partial charge in [-0.3, -0.25) is 0 Å². The highest BCUT2D eigenvalue weighted by Crippen LogP contribution is 2.10. The minimum absolute atomic E-state index is 0.547. The highest BCUT2D eigenvalue weighted by Gasteiger charge is 2.05. The predicted octanol–water partition coefficient (Wildman–Crippen LogP) is 2.13. The standard InChI is InChI=1S/C11H15ClN6/c1-2-3-6-18-11(15-16-17-18)8-14-10-5-4-9(12)7-13-10/h4-5,7H,2-3,6,8H2,1H3,(H,13,14). The van der Waals surface area contributed by atoms with E-state index < -0.39 is 0 Å². The van der Waals surface area contributed by atoms with Crippen LogP contribution in [0, 0.1) is 0 Å². The van der Waals surface area contributed by atoms with Crippen molar-refractivity contribution in [3.63, 3.8) is 0 Å². The first kappa shape index (κ1) is 12.8. The minimum Gasteiger partial charge on any atom is -0.363 e. The van der Waals surface area contributed by atoms with Gasteiger partial charge in [0.15, 0.2) is 5.82 Å². The highest BCUT2D eigenvalue weighted by molar-refractivity contribution is 6.30. The van der Waals surface area contributed by atoms with Crippen molar-refractivity contribution in [2.45, 2.75) is 32.9 Å². The summed E-state index contributed by atoms with van der Waals surface area (Å²) in [7, 11) is 0. The Kier molecular flexibility index (Phi) is 4.46. The van der Waals surface area contributed by atoms with Crippen LogP contribution in [0.25, 0.3) is 0 Å². The molecule has 2 aromatic rings. The second-order valence-electron chi connectivity index (χ2n) is 3.89. The maximum atomic E-state index is 5.77. The van der Waals surface area contributed by atoms with Gasteiger partial charge < -0.3 is 5.32 Å². The molecule has 7 heteroatoms. The van der Waals surface area contributed by atoms with Gasteiger partial charge in [0.1, 0.15) is 5.82 Å². The van der Waals surface area contributed by atoms with Gasteiger partial charge in [-0.05, 0) is 29.0 Å². The molecular weight excluding hydrogens is 252 g/mol. The third-order valence-electron chi connectivity index (χ3n) is 2.48. The Labute approximate surface area is 110 Å². The van der Waals surface area contributed by atoms with Crippen LogP contribution in [-0.4, -0.2) is 25.2 Å². The first-order chi connectivity index (χ1) is 8.79. The van der Waals surface area contributed by atoms with Crippen LogP contribution in [0.3, 0.4) is 0 Å². The summed E-state index contributed by atoms with van der Waals surface area (Å²) in [5.41, 5.74) is 0. The lowest BCUT2D eigenvalue weighted by Gasteiger charge is -2.06. The van der Waals surface area contributed by atoms with Crippen LogP contribution >= 0.6 is 11.6 Å². The van der Waals surface area contributed by atoms with Crippen LogP contribution in [0.1, 0.15) is 25.6 Å². The number of hydrogen-bond donors (Lipinski definition) is 1. The molecule has 6 nitrogen and oxygen atoms in total. The Morgan fingerprint density at radius 2 is 2.28 bits per heavy atom. The second kappa shape index (κ2) is 6.30. The average Bonchev–Trinajstić information content (AvgIpc) is 2.83. The van der Waals surface area contributed by atoms with Gasteiger partial charge in [-0.25, -0.2) is 9.67 Å². The van der Waals surface area contributed by atoms with Crippen LogP contribution in [0.5, 0.6) is 0 Å². The molecule has 0 radical (unpaired) electrons. The van der Waals surface area contributed by atoms with Crippen molar-refractivity contribution in [1.29, 1.82) is 0 Å². The first-order valence-corrected chi connectivity index (χ1v) is 6.28. The molecule has 2 aromatic heterocycles. The van der Waals surface area contributed by atoms with E-state index in [1.54, 1.807) is 12.3 Å². The van der Waals surface area contributed by atoms with Gasteiger partial charge in [0.05, 0.1) is 11.6 Å². The molecule has 0 aromatic carbocycles. The molecule has 2 rings (SSSR count). The van der Waals surface area contributed by atoms with Gasteiger partial charge in [-0.1, -0.05) is 24.9 Å². The summed E-state index contributed by atoms with van der Waals surface area (Å²) in [6.07, 6.45) is 3.78. The van der Waals surface area contributed by atoms with Crippen molar-refractivity contribution >= 4 is 17.4 Å². The lowest BCUT2D eigenvalue weighted by Crippen LogP contribution is -2.10. The zero-order valence-corrected chi connectivity index (χ0v) is 10.9. The van der Waals surface area contributed by atoms with Gasteiger partial charge in [-0.2, -0.15) is 0 Å². The van der Waals surface area contributed by atoms with Crippen LogP contribution in [0.15, 0.2) is 18.3 Å². The maximum absolute atomic E-state index is 5.77. The molecule has 0 aliphatic heterocycles. The van der Waals surface area contributed by atoms with Gasteiger partial charge in [0.2, 0.25) is 0 Å². The number of nitrogens with one attached hydrogen (secondary N) is 1. The van der Waals surface area contributed by atoms with E-state index in [1.165, 1.54) is 0 Å². The Balaban J connectivity index is 1.93. The number of rotatable bonds is 6. The molecule has 0 aliphatic carbocycles. The van der Waals surface area contributed by atoms with E-state index in [2.05, 4.69) is 32.7 Å². The van der Waals surface area contributed by atoms with Crippen molar-refractivity contribution in [2.24, 2.45) is 0 Å². The molecule has 0 saturated heterocycles. The normalized spacial score (nSPS) is 10.6. The maximum Gasteiger partial charge on any atom is 0.170 e. The highest BCUT2D eigenvalue weighted by atomic mass is 35.5. The lowest BCUT2D eigenvalue weighted by molar-refractivity contribution is 0.535. The summed E-state index contributed by atoms with van der Waals surface area (Å²) in [5.74, 6) is 1.56. The molecule has 0 aliphatic rings. The van der Waals surface area contributed by atoms with Crippen molar-refractivity contribution < 1.29 is 0 Å². The van der Waals surface area contributed by atoms with E-state index in [1.807, 2.05) is 10.7 Å². The number of unbranched alkanes of at least 4 members (excludes halogenated alkanes) is 1. The zero-order valence-electron chi connectivity index (χ0n) is 10.2. The number of halogens is 1. The van der Waals surface area contributed by atoms with Crippen molar-refractivity contribution in [2.75, 3.05) is 5.32 Å². The number of tetrazole rings is 1. The Bertz CT molecular complexity index is 481. The second-order valence-corrected chi connectivity index (χ2v) is 4.32. The summed E-state index contributed by atoms with van der Waals surface area (Å²) in [4.78, 5) is 4.15. The molecule has 0 atom stereocenters. The van der Waals surface area contributed by atoms with Crippen LogP contribution in [0.4, 0.5) is 5.82 Å². The largest absolute Gasteiger partial charge is 0.363 e. The predicted molar refractivity (Wildman–Crippen MR) is 69.3 cm³/mol. The third kappa shape index (κ3) is 3.40. The Morgan fingerprint density at radius 1 is 1.39 bits per heavy atom. The fraction of sp³-hybridized carbons (Fsp3) is 0.455. The lowest BCUT2D eigenvalue weighted by atomic mass is 10.3. The molecule has 1 N–H and O–H groups in total. The number of pyridine rings is 1. The molecular formula is C11H15ClN6. The van der Waals surface area contributed by atoms with E-state index in [-0.39, 0.29) is 0 Å². The number of aryl methyl sites for hydroxylation is 1. The van der Waals surface area contributed by atoms with E-state index in [0.29, 0.717) is 11.6 Å². The van der Waals surface area contributed by atoms with E-state index in [4.69, 9.17) is 11.6 Å². The first-order valence-electron chi connectivity index (χ1n) is 5.90. The summed E-state index contributed by atoms with van der Waals surface area (Å²) in [5, 5.41) is 15.4. The molecule has 0 unspecified atom stereocenters. The van der Waals surface area contributed by atoms with Crippen LogP contribution in [0.2, 0.25) is 5.02 Å². The molecule has 0 saturated carbocycles. The summed E-state index contributed by atoms with van der Waals surface area (Å²) in [6, 6.07) is 3.61. The number of aromatic nitrogens is 5. The summed E-state index contributed by atoms with van der Waals surface area (Å²) >= 11 is 5.77. The fourth-order valence-corrected chi connectivity index (χ4v) is 1.59. The minimum atomic E-state index is 0.547. The topological polar surface area (TPSA) is 68.5 Å². The molecule has 18 heavy (non-hydrogen) atoms. The van der Waals surface area contributed by atoms with Gasteiger partial charge in [-0.15, -0.1) is 5.10 Å². The SMILES string of the molecule is CCCCn1nnnc1CNc1ccc(Cl)cn1. The molecule has 96 valence electrons. The number of anilines is 1. The van der Waals surface area contributed by atoms with Gasteiger partial charge in [0, 0.05) is 12.7 Å². The quantitative estimate of drug-likeness (QED) is 0.867. The molecule has 2 heterocycles. The third-order valence-corrected chi connectivity index (χ3v) is 2.71. The molecule has 0 fully saturated rings. The fourth-order valence-electron chi connectivity index (χ4n) is 1.48. The molecule has 0 amide bonds. The number of nitrogens with zero attached hydrogens (tertiary/aromatic N) is 5. The van der Waals surface area contributed by atoms with Crippen LogP contribution < -0.4 is 5.32 Å². The van der Waals surface area contributed by atoms with E-state index >= 15 is 0 Å². The molecule has 0 bridgehead atoms. The number of hydrogen-bond acceptors (Lipinski definition) is 5.